The van der Waals surface area contributed by atoms with Gasteiger partial charge in [0.05, 0.1) is 17.0 Å². The highest BCUT2D eigenvalue weighted by Gasteiger charge is 2.29. The summed E-state index contributed by atoms with van der Waals surface area (Å²) in [5.41, 5.74) is 7.73. The van der Waals surface area contributed by atoms with Crippen molar-refractivity contribution in [2.45, 2.75) is 19.8 Å². The van der Waals surface area contributed by atoms with Crippen molar-refractivity contribution >= 4 is 47.5 Å². The van der Waals surface area contributed by atoms with Gasteiger partial charge in [-0.15, -0.1) is 24.8 Å². The average Bonchev–Trinajstić information content (AvgIpc) is 2.64. The molecule has 0 aliphatic carbocycles. The number of likely N-dealkylation sites (tertiary alicyclic amines) is 1. The van der Waals surface area contributed by atoms with Crippen molar-refractivity contribution in [1.82, 2.24) is 15.2 Å². The third kappa shape index (κ3) is 5.31. The Hall–Kier alpha value is -1.89. The van der Waals surface area contributed by atoms with E-state index in [4.69, 9.17) is 5.73 Å². The van der Waals surface area contributed by atoms with Crippen LogP contribution in [0.5, 0.6) is 0 Å². The number of nitrogens with one attached hydrogen (secondary N) is 1. The van der Waals surface area contributed by atoms with Gasteiger partial charge >= 0.3 is 0 Å². The lowest BCUT2D eigenvalue weighted by Gasteiger charge is -2.32. The first kappa shape index (κ1) is 23.1. The zero-order valence-electron chi connectivity index (χ0n) is 15.3. The predicted octanol–water partition coefficient (Wildman–Crippen LogP) is 2.31. The van der Waals surface area contributed by atoms with E-state index in [9.17, 15) is 9.59 Å². The molecule has 27 heavy (non-hydrogen) atoms. The van der Waals surface area contributed by atoms with Crippen LogP contribution in [-0.4, -0.2) is 47.9 Å². The van der Waals surface area contributed by atoms with Crippen LogP contribution in [0.25, 0.3) is 10.9 Å². The molecule has 2 aromatic rings. The van der Waals surface area contributed by atoms with E-state index in [1.165, 1.54) is 0 Å². The van der Waals surface area contributed by atoms with E-state index in [1.807, 2.05) is 37.3 Å². The van der Waals surface area contributed by atoms with E-state index >= 15 is 0 Å². The Balaban J connectivity index is 0.00000182. The maximum absolute atomic E-state index is 13.1. The summed E-state index contributed by atoms with van der Waals surface area (Å²) in [5, 5.41) is 3.68. The van der Waals surface area contributed by atoms with Gasteiger partial charge in [0.15, 0.2) is 0 Å². The number of para-hydroxylation sites is 1. The van der Waals surface area contributed by atoms with Crippen molar-refractivity contribution < 1.29 is 9.59 Å². The minimum absolute atomic E-state index is 0. The molecule has 1 saturated heterocycles. The molecule has 1 fully saturated rings. The number of carbonyl (C=O) groups excluding carboxylic acids is 2. The minimum atomic E-state index is -0.168. The highest BCUT2D eigenvalue weighted by atomic mass is 35.5. The quantitative estimate of drug-likeness (QED) is 0.805. The number of rotatable bonds is 4. The van der Waals surface area contributed by atoms with E-state index in [2.05, 4.69) is 10.3 Å². The van der Waals surface area contributed by atoms with E-state index < -0.39 is 0 Å². The smallest absolute Gasteiger partial charge is 0.254 e. The molecular formula is C19H26Cl2N4O2. The van der Waals surface area contributed by atoms with Crippen LogP contribution in [0.15, 0.2) is 30.3 Å². The fraction of sp³-hybridized carbons (Fsp3) is 0.421. The van der Waals surface area contributed by atoms with Crippen LogP contribution in [-0.2, 0) is 4.79 Å². The summed E-state index contributed by atoms with van der Waals surface area (Å²) >= 11 is 0. The Labute approximate surface area is 171 Å². The molecule has 3 N–H and O–H groups in total. The van der Waals surface area contributed by atoms with Gasteiger partial charge in [-0.1, -0.05) is 18.2 Å². The first-order valence-corrected chi connectivity index (χ1v) is 8.73. The Kier molecular flexibility index (Phi) is 8.96. The average molecular weight is 413 g/mol. The number of hydrogen-bond acceptors (Lipinski definition) is 4. The molecule has 1 aliphatic heterocycles. The number of aryl methyl sites for hydroxylation is 1. The molecule has 0 spiro atoms. The second-order valence-electron chi connectivity index (χ2n) is 6.50. The number of amides is 2. The number of carbonyl (C=O) groups is 2. The lowest BCUT2D eigenvalue weighted by Crippen LogP contribution is -2.46. The standard InChI is InChI=1S/C19H24N4O2.2ClH/c1-13-11-16(15-6-2-3-7-17(15)22-13)19(25)23-10-4-5-14(12-23)18(24)21-9-8-20;;/h2-3,6-7,11,14H,4-5,8-10,12,20H2,1H3,(H,21,24);2*1H. The summed E-state index contributed by atoms with van der Waals surface area (Å²) in [6, 6.07) is 9.50. The number of fused-ring (bicyclic) bond motifs is 1. The van der Waals surface area contributed by atoms with Gasteiger partial charge in [-0.2, -0.15) is 0 Å². The summed E-state index contributed by atoms with van der Waals surface area (Å²) in [5.74, 6) is -0.213. The number of halogens is 2. The number of aromatic nitrogens is 1. The van der Waals surface area contributed by atoms with Gasteiger partial charge in [-0.05, 0) is 31.9 Å². The molecule has 1 aromatic carbocycles. The Morgan fingerprint density at radius 1 is 1.30 bits per heavy atom. The van der Waals surface area contributed by atoms with Crippen LogP contribution in [0, 0.1) is 12.8 Å². The fourth-order valence-corrected chi connectivity index (χ4v) is 3.37. The predicted molar refractivity (Wildman–Crippen MR) is 112 cm³/mol. The Bertz CT molecular complexity index is 800. The van der Waals surface area contributed by atoms with Crippen molar-refractivity contribution in [1.29, 1.82) is 0 Å². The van der Waals surface area contributed by atoms with E-state index in [-0.39, 0.29) is 42.5 Å². The highest BCUT2D eigenvalue weighted by Crippen LogP contribution is 2.23. The van der Waals surface area contributed by atoms with Crippen LogP contribution in [0.3, 0.4) is 0 Å². The van der Waals surface area contributed by atoms with Crippen molar-refractivity contribution in [3.63, 3.8) is 0 Å². The molecule has 0 bridgehead atoms. The largest absolute Gasteiger partial charge is 0.355 e. The van der Waals surface area contributed by atoms with Gasteiger partial charge in [0, 0.05) is 37.3 Å². The van der Waals surface area contributed by atoms with Crippen molar-refractivity contribution in [2.24, 2.45) is 11.7 Å². The molecule has 0 saturated carbocycles. The molecule has 1 atom stereocenters. The molecule has 1 aromatic heterocycles. The van der Waals surface area contributed by atoms with Crippen molar-refractivity contribution in [2.75, 3.05) is 26.2 Å². The molecule has 1 unspecified atom stereocenters. The number of nitrogens with zero attached hydrogens (tertiary/aromatic N) is 2. The van der Waals surface area contributed by atoms with Crippen LogP contribution >= 0.6 is 24.8 Å². The monoisotopic (exact) mass is 412 g/mol. The number of hydrogen-bond donors (Lipinski definition) is 2. The van der Waals surface area contributed by atoms with Crippen molar-refractivity contribution in [3.8, 4) is 0 Å². The first-order chi connectivity index (χ1) is 12.1. The maximum Gasteiger partial charge on any atom is 0.254 e. The Morgan fingerprint density at radius 3 is 2.78 bits per heavy atom. The molecular weight excluding hydrogens is 387 g/mol. The molecule has 2 heterocycles. The molecule has 6 nitrogen and oxygen atoms in total. The molecule has 0 radical (unpaired) electrons. The van der Waals surface area contributed by atoms with Crippen molar-refractivity contribution in [3.05, 3.63) is 41.6 Å². The van der Waals surface area contributed by atoms with E-state index in [0.29, 0.717) is 31.7 Å². The van der Waals surface area contributed by atoms with Gasteiger partial charge < -0.3 is 16.0 Å². The second kappa shape index (κ2) is 10.4. The van der Waals surface area contributed by atoms with Gasteiger partial charge in [0.2, 0.25) is 5.91 Å². The minimum Gasteiger partial charge on any atom is -0.355 e. The second-order valence-corrected chi connectivity index (χ2v) is 6.50. The van der Waals surface area contributed by atoms with Crippen LogP contribution in [0.4, 0.5) is 0 Å². The maximum atomic E-state index is 13.1. The summed E-state index contributed by atoms with van der Waals surface area (Å²) in [6.45, 7) is 3.91. The topological polar surface area (TPSA) is 88.3 Å². The lowest BCUT2D eigenvalue weighted by molar-refractivity contribution is -0.126. The van der Waals surface area contributed by atoms with Crippen LogP contribution < -0.4 is 11.1 Å². The van der Waals surface area contributed by atoms with Gasteiger partial charge in [-0.25, -0.2) is 0 Å². The SMILES string of the molecule is Cc1cc(C(=O)N2CCCC(C(=O)NCCN)C2)c2ccccc2n1.Cl.Cl. The fourth-order valence-electron chi connectivity index (χ4n) is 3.37. The van der Waals surface area contributed by atoms with Crippen LogP contribution in [0.1, 0.15) is 28.9 Å². The molecule has 148 valence electrons. The summed E-state index contributed by atoms with van der Waals surface area (Å²) in [7, 11) is 0. The highest BCUT2D eigenvalue weighted by molar-refractivity contribution is 6.06. The Morgan fingerprint density at radius 2 is 2.04 bits per heavy atom. The number of pyridine rings is 1. The summed E-state index contributed by atoms with van der Waals surface area (Å²) in [6.07, 6.45) is 1.63. The van der Waals surface area contributed by atoms with Crippen LogP contribution in [0.2, 0.25) is 0 Å². The van der Waals surface area contributed by atoms with E-state index in [0.717, 1.165) is 29.4 Å². The zero-order chi connectivity index (χ0) is 17.8. The molecule has 2 amide bonds. The summed E-state index contributed by atoms with van der Waals surface area (Å²) < 4.78 is 0. The first-order valence-electron chi connectivity index (χ1n) is 8.73. The molecule has 3 rings (SSSR count). The van der Waals surface area contributed by atoms with E-state index in [1.54, 1.807) is 4.90 Å². The number of benzene rings is 1. The third-order valence-electron chi connectivity index (χ3n) is 4.60. The summed E-state index contributed by atoms with van der Waals surface area (Å²) in [4.78, 5) is 31.6. The van der Waals surface area contributed by atoms with Gasteiger partial charge in [-0.3, -0.25) is 14.6 Å². The molecule has 8 heteroatoms. The normalized spacial score (nSPS) is 16.2. The number of piperidine rings is 1. The van der Waals surface area contributed by atoms with Gasteiger partial charge in [0.1, 0.15) is 0 Å². The van der Waals surface area contributed by atoms with Gasteiger partial charge in [0.25, 0.3) is 5.91 Å². The number of nitrogens with two attached hydrogens (primary N) is 1. The lowest BCUT2D eigenvalue weighted by atomic mass is 9.96. The zero-order valence-corrected chi connectivity index (χ0v) is 16.9. The third-order valence-corrected chi connectivity index (χ3v) is 4.60. The molecule has 1 aliphatic rings.